The van der Waals surface area contributed by atoms with Gasteiger partial charge in [-0.15, -0.1) is 10.2 Å². The Morgan fingerprint density at radius 3 is 2.70 bits per heavy atom. The molecule has 0 radical (unpaired) electrons. The van der Waals surface area contributed by atoms with Gasteiger partial charge in [0.05, 0.1) is 11.9 Å². The molecule has 2 amide bonds. The first-order valence-corrected chi connectivity index (χ1v) is 8.86. The number of carbonyl (C=O) groups is 1. The molecule has 0 bridgehead atoms. The second kappa shape index (κ2) is 7.14. The molecule has 0 spiro atoms. The highest BCUT2D eigenvalue weighted by atomic mass is 16.2. The van der Waals surface area contributed by atoms with Crippen LogP contribution < -0.4 is 5.32 Å². The average molecular weight is 363 g/mol. The quantitative estimate of drug-likeness (QED) is 0.770. The Morgan fingerprint density at radius 1 is 1.22 bits per heavy atom. The van der Waals surface area contributed by atoms with Crippen LogP contribution in [0.5, 0.6) is 0 Å². The Hall–Kier alpha value is -3.29. The monoisotopic (exact) mass is 363 g/mol. The van der Waals surface area contributed by atoms with E-state index in [0.717, 1.165) is 18.4 Å². The van der Waals surface area contributed by atoms with Crippen molar-refractivity contribution >= 4 is 11.8 Å². The summed E-state index contributed by atoms with van der Waals surface area (Å²) in [4.78, 5) is 18.4. The maximum absolute atomic E-state index is 12.5. The predicted octanol–water partition coefficient (Wildman–Crippen LogP) is 2.68. The number of nitrogens with zero attached hydrogens (tertiary/aromatic N) is 6. The first kappa shape index (κ1) is 17.1. The number of amides is 2. The molecule has 1 aliphatic carbocycles. The number of anilines is 1. The molecule has 0 aromatic carbocycles. The maximum atomic E-state index is 12.5. The zero-order valence-corrected chi connectivity index (χ0v) is 15.3. The van der Waals surface area contributed by atoms with Crippen LogP contribution in [0.3, 0.4) is 0 Å². The number of carbonyl (C=O) groups excluding carboxylic acids is 1. The highest BCUT2D eigenvalue weighted by Gasteiger charge is 2.35. The van der Waals surface area contributed by atoms with Crippen molar-refractivity contribution in [2.75, 3.05) is 12.4 Å². The summed E-state index contributed by atoms with van der Waals surface area (Å²) >= 11 is 0. The summed E-state index contributed by atoms with van der Waals surface area (Å²) in [7, 11) is 3.66. The predicted molar refractivity (Wildman–Crippen MR) is 101 cm³/mol. The summed E-state index contributed by atoms with van der Waals surface area (Å²) in [5.74, 6) is 0.903. The van der Waals surface area contributed by atoms with Gasteiger partial charge >= 0.3 is 6.03 Å². The summed E-state index contributed by atoms with van der Waals surface area (Å²) in [6.45, 7) is 0. The molecular weight excluding hydrogens is 342 g/mol. The van der Waals surface area contributed by atoms with Gasteiger partial charge in [0.2, 0.25) is 0 Å². The smallest absolute Gasteiger partial charge is 0.323 e. The number of aryl methyl sites for hydroxylation is 1. The van der Waals surface area contributed by atoms with Crippen molar-refractivity contribution in [1.82, 2.24) is 29.9 Å². The SMILES string of the molecule is CN(C(=O)Nc1ccc(-c2cnn(C)c2)nn1)C1CC(c2cccnc2)C1. The van der Waals surface area contributed by atoms with E-state index in [4.69, 9.17) is 0 Å². The van der Waals surface area contributed by atoms with Gasteiger partial charge in [0.1, 0.15) is 0 Å². The number of hydrogen-bond donors (Lipinski definition) is 1. The zero-order valence-electron chi connectivity index (χ0n) is 15.3. The van der Waals surface area contributed by atoms with Gasteiger partial charge in [0.25, 0.3) is 0 Å². The lowest BCUT2D eigenvalue weighted by Gasteiger charge is -2.41. The standard InChI is InChI=1S/C19H21N7O/c1-25-12-15(11-21-25)17-5-6-18(24-23-17)22-19(27)26(2)16-8-14(9-16)13-4-3-7-20-10-13/h3-7,10-12,14,16H,8-9H2,1-2H3,(H,22,24,27). The largest absolute Gasteiger partial charge is 0.325 e. The number of rotatable bonds is 4. The third-order valence-electron chi connectivity index (χ3n) is 5.04. The molecule has 27 heavy (non-hydrogen) atoms. The Labute approximate surface area is 157 Å². The molecule has 1 fully saturated rings. The molecule has 0 atom stereocenters. The fourth-order valence-electron chi connectivity index (χ4n) is 3.26. The normalized spacial score (nSPS) is 18.6. The molecule has 1 N–H and O–H groups in total. The van der Waals surface area contributed by atoms with Crippen LogP contribution in [0, 0.1) is 0 Å². The van der Waals surface area contributed by atoms with Crippen molar-refractivity contribution in [3.63, 3.8) is 0 Å². The van der Waals surface area contributed by atoms with E-state index in [1.165, 1.54) is 5.56 Å². The van der Waals surface area contributed by atoms with Crippen molar-refractivity contribution in [1.29, 1.82) is 0 Å². The molecule has 0 aliphatic heterocycles. The van der Waals surface area contributed by atoms with Crippen LogP contribution in [-0.2, 0) is 7.05 Å². The van der Waals surface area contributed by atoms with Gasteiger partial charge in [-0.05, 0) is 42.5 Å². The summed E-state index contributed by atoms with van der Waals surface area (Å²) in [5.41, 5.74) is 2.84. The van der Waals surface area contributed by atoms with Crippen LogP contribution in [0.2, 0.25) is 0 Å². The van der Waals surface area contributed by atoms with Crippen molar-refractivity contribution in [3.8, 4) is 11.3 Å². The number of nitrogens with one attached hydrogen (secondary N) is 1. The van der Waals surface area contributed by atoms with E-state index >= 15 is 0 Å². The Morgan fingerprint density at radius 2 is 2.07 bits per heavy atom. The van der Waals surface area contributed by atoms with E-state index in [2.05, 4.69) is 31.7 Å². The van der Waals surface area contributed by atoms with Gasteiger partial charge < -0.3 is 4.90 Å². The zero-order chi connectivity index (χ0) is 18.8. The lowest BCUT2D eigenvalue weighted by Crippen LogP contribution is -2.46. The molecule has 0 unspecified atom stereocenters. The first-order chi connectivity index (χ1) is 13.1. The summed E-state index contributed by atoms with van der Waals surface area (Å²) in [6, 6.07) is 7.66. The van der Waals surface area contributed by atoms with E-state index in [-0.39, 0.29) is 12.1 Å². The number of hydrogen-bond acceptors (Lipinski definition) is 5. The van der Waals surface area contributed by atoms with Crippen molar-refractivity contribution in [2.45, 2.75) is 24.8 Å². The van der Waals surface area contributed by atoms with Crippen LogP contribution in [0.1, 0.15) is 24.3 Å². The van der Waals surface area contributed by atoms with E-state index < -0.39 is 0 Å². The summed E-state index contributed by atoms with van der Waals surface area (Å²) in [5, 5.41) is 15.2. The lowest BCUT2D eigenvalue weighted by atomic mass is 9.76. The van der Waals surface area contributed by atoms with E-state index in [9.17, 15) is 4.79 Å². The molecule has 1 saturated carbocycles. The lowest BCUT2D eigenvalue weighted by molar-refractivity contribution is 0.154. The van der Waals surface area contributed by atoms with Crippen LogP contribution in [0.25, 0.3) is 11.3 Å². The van der Waals surface area contributed by atoms with E-state index in [0.29, 0.717) is 17.4 Å². The second-order valence-corrected chi connectivity index (χ2v) is 6.86. The highest BCUT2D eigenvalue weighted by Crippen LogP contribution is 2.39. The molecular formula is C19H21N7O. The molecule has 8 nitrogen and oxygen atoms in total. The van der Waals surface area contributed by atoms with Crippen LogP contribution in [0.4, 0.5) is 10.6 Å². The Bertz CT molecular complexity index is 917. The van der Waals surface area contributed by atoms with Gasteiger partial charge in [-0.2, -0.15) is 5.10 Å². The molecule has 0 saturated heterocycles. The van der Waals surface area contributed by atoms with Crippen molar-refractivity contribution < 1.29 is 4.79 Å². The maximum Gasteiger partial charge on any atom is 0.323 e. The van der Waals surface area contributed by atoms with Gasteiger partial charge in [0, 0.05) is 44.3 Å². The molecule has 3 heterocycles. The molecule has 8 heteroatoms. The van der Waals surface area contributed by atoms with E-state index in [1.807, 2.05) is 38.6 Å². The molecule has 3 aromatic heterocycles. The Kier molecular flexibility index (Phi) is 4.53. The highest BCUT2D eigenvalue weighted by molar-refractivity contribution is 5.88. The minimum atomic E-state index is -0.173. The number of aromatic nitrogens is 5. The third-order valence-corrected chi connectivity index (χ3v) is 5.04. The minimum absolute atomic E-state index is 0.173. The minimum Gasteiger partial charge on any atom is -0.325 e. The van der Waals surface area contributed by atoms with Crippen LogP contribution in [-0.4, -0.2) is 49.0 Å². The molecule has 3 aromatic rings. The van der Waals surface area contributed by atoms with Gasteiger partial charge in [-0.1, -0.05) is 6.07 Å². The van der Waals surface area contributed by atoms with Crippen LogP contribution in [0.15, 0.2) is 49.1 Å². The second-order valence-electron chi connectivity index (χ2n) is 6.86. The molecule has 4 rings (SSSR count). The number of urea groups is 1. The van der Waals surface area contributed by atoms with Gasteiger partial charge in [-0.25, -0.2) is 4.79 Å². The topological polar surface area (TPSA) is 88.8 Å². The molecule has 138 valence electrons. The first-order valence-electron chi connectivity index (χ1n) is 8.86. The van der Waals surface area contributed by atoms with E-state index in [1.54, 1.807) is 28.0 Å². The fraction of sp³-hybridized carbons (Fsp3) is 0.316. The Balaban J connectivity index is 1.32. The van der Waals surface area contributed by atoms with Gasteiger partial charge in [-0.3, -0.25) is 15.0 Å². The summed E-state index contributed by atoms with van der Waals surface area (Å²) in [6.07, 6.45) is 9.17. The average Bonchev–Trinajstić information content (AvgIpc) is 3.08. The molecule has 1 aliphatic rings. The van der Waals surface area contributed by atoms with Crippen LogP contribution >= 0.6 is 0 Å². The van der Waals surface area contributed by atoms with Crippen molar-refractivity contribution in [2.24, 2.45) is 7.05 Å². The summed E-state index contributed by atoms with van der Waals surface area (Å²) < 4.78 is 1.71. The fourth-order valence-corrected chi connectivity index (χ4v) is 3.26. The van der Waals surface area contributed by atoms with Crippen molar-refractivity contribution in [3.05, 3.63) is 54.6 Å². The third kappa shape index (κ3) is 3.64. The number of pyridine rings is 1. The van der Waals surface area contributed by atoms with Gasteiger partial charge in [0.15, 0.2) is 5.82 Å².